The van der Waals surface area contributed by atoms with Crippen molar-refractivity contribution in [1.29, 1.82) is 0 Å². The molecule has 0 unspecified atom stereocenters. The van der Waals surface area contributed by atoms with E-state index in [4.69, 9.17) is 16.2 Å². The van der Waals surface area contributed by atoms with Crippen LogP contribution < -0.4 is 21.5 Å². The molecule has 0 aliphatic carbocycles. The molecule has 6 nitrogen and oxygen atoms in total. The second-order valence-electron chi connectivity index (χ2n) is 5.83. The van der Waals surface area contributed by atoms with Crippen LogP contribution in [0, 0.1) is 0 Å². The molecule has 7 heteroatoms. The summed E-state index contributed by atoms with van der Waals surface area (Å²) in [5.41, 5.74) is 13.3. The highest BCUT2D eigenvalue weighted by molar-refractivity contribution is 14.0. The minimum Gasteiger partial charge on any atom is -0.457 e. The first-order chi connectivity index (χ1) is 13.1. The van der Waals surface area contributed by atoms with Gasteiger partial charge in [0, 0.05) is 17.3 Å². The fourth-order valence-electron chi connectivity index (χ4n) is 2.40. The lowest BCUT2D eigenvalue weighted by Gasteiger charge is -2.09. The number of aliphatic imine (C=N–C) groups is 1. The molecule has 0 atom stereocenters. The van der Waals surface area contributed by atoms with Crippen LogP contribution in [0.3, 0.4) is 0 Å². The van der Waals surface area contributed by atoms with Gasteiger partial charge in [-0.1, -0.05) is 36.4 Å². The van der Waals surface area contributed by atoms with E-state index in [1.807, 2.05) is 54.6 Å². The van der Waals surface area contributed by atoms with Gasteiger partial charge >= 0.3 is 0 Å². The van der Waals surface area contributed by atoms with Crippen molar-refractivity contribution >= 4 is 41.5 Å². The van der Waals surface area contributed by atoms with Gasteiger partial charge in [0.15, 0.2) is 5.96 Å². The van der Waals surface area contributed by atoms with Crippen LogP contribution in [0.15, 0.2) is 83.9 Å². The van der Waals surface area contributed by atoms with Crippen LogP contribution in [0.2, 0.25) is 0 Å². The maximum absolute atomic E-state index is 11.1. The highest BCUT2D eigenvalue weighted by Gasteiger charge is 2.02. The Bertz CT molecular complexity index is 944. The van der Waals surface area contributed by atoms with Gasteiger partial charge in [0.25, 0.3) is 0 Å². The van der Waals surface area contributed by atoms with E-state index in [1.54, 1.807) is 24.3 Å². The summed E-state index contributed by atoms with van der Waals surface area (Å²) in [7, 11) is 0. The summed E-state index contributed by atoms with van der Waals surface area (Å²) in [5, 5.41) is 3.04. The lowest BCUT2D eigenvalue weighted by molar-refractivity contribution is 0.100. The second-order valence-corrected chi connectivity index (χ2v) is 5.83. The van der Waals surface area contributed by atoms with Gasteiger partial charge in [0.2, 0.25) is 5.91 Å². The Morgan fingerprint density at radius 3 is 2.25 bits per heavy atom. The summed E-state index contributed by atoms with van der Waals surface area (Å²) in [4.78, 5) is 15.4. The summed E-state index contributed by atoms with van der Waals surface area (Å²) in [5.74, 6) is 1.28. The number of benzene rings is 3. The lowest BCUT2D eigenvalue weighted by Crippen LogP contribution is -2.22. The van der Waals surface area contributed by atoms with E-state index in [9.17, 15) is 4.79 Å². The number of anilines is 1. The standard InChI is InChI=1S/C21H20N4O2.HI/c22-20(26)16-11-9-15(10-12-16)14-24-21(23)25-17-5-4-8-19(13-17)27-18-6-2-1-3-7-18;/h1-13H,14H2,(H2,22,26)(H3,23,24,25);1H. The van der Waals surface area contributed by atoms with Gasteiger partial charge in [0.1, 0.15) is 11.5 Å². The topological polar surface area (TPSA) is 103 Å². The Balaban J connectivity index is 0.00000280. The minimum absolute atomic E-state index is 0. The summed E-state index contributed by atoms with van der Waals surface area (Å²) < 4.78 is 5.80. The zero-order chi connectivity index (χ0) is 19.1. The molecule has 0 aliphatic rings. The van der Waals surface area contributed by atoms with Gasteiger partial charge in [-0.15, -0.1) is 24.0 Å². The molecular formula is C21H21IN4O2. The number of hydrogen-bond acceptors (Lipinski definition) is 3. The first-order valence-corrected chi connectivity index (χ1v) is 8.39. The molecule has 0 saturated carbocycles. The summed E-state index contributed by atoms with van der Waals surface area (Å²) in [6, 6.07) is 23.9. The van der Waals surface area contributed by atoms with E-state index in [-0.39, 0.29) is 29.9 Å². The monoisotopic (exact) mass is 488 g/mol. The third kappa shape index (κ3) is 6.27. The van der Waals surface area contributed by atoms with Crippen LogP contribution in [0.5, 0.6) is 11.5 Å². The molecule has 0 heterocycles. The summed E-state index contributed by atoms with van der Waals surface area (Å²) in [6.45, 7) is 0.387. The zero-order valence-corrected chi connectivity index (χ0v) is 17.4. The molecule has 0 spiro atoms. The third-order valence-corrected chi connectivity index (χ3v) is 3.76. The predicted octanol–water partition coefficient (Wildman–Crippen LogP) is 4.12. The zero-order valence-electron chi connectivity index (χ0n) is 15.0. The van der Waals surface area contributed by atoms with E-state index in [0.717, 1.165) is 17.0 Å². The Morgan fingerprint density at radius 2 is 1.57 bits per heavy atom. The van der Waals surface area contributed by atoms with Crippen LogP contribution >= 0.6 is 24.0 Å². The number of nitrogens with two attached hydrogens (primary N) is 2. The van der Waals surface area contributed by atoms with Crippen molar-refractivity contribution in [2.45, 2.75) is 6.54 Å². The molecule has 0 saturated heterocycles. The normalized spacial score (nSPS) is 10.6. The highest BCUT2D eigenvalue weighted by atomic mass is 127. The van der Waals surface area contributed by atoms with Crippen molar-refractivity contribution in [3.05, 3.63) is 90.0 Å². The number of guanidine groups is 1. The van der Waals surface area contributed by atoms with E-state index in [1.165, 1.54) is 0 Å². The van der Waals surface area contributed by atoms with Crippen LogP contribution in [0.1, 0.15) is 15.9 Å². The number of ether oxygens (including phenoxy) is 1. The molecule has 28 heavy (non-hydrogen) atoms. The number of para-hydroxylation sites is 1. The van der Waals surface area contributed by atoms with Crippen molar-refractivity contribution in [3.8, 4) is 11.5 Å². The molecular weight excluding hydrogens is 467 g/mol. The molecule has 5 N–H and O–H groups in total. The van der Waals surface area contributed by atoms with Crippen LogP contribution in [-0.4, -0.2) is 11.9 Å². The number of carbonyl (C=O) groups is 1. The van der Waals surface area contributed by atoms with Gasteiger partial charge in [-0.25, -0.2) is 4.99 Å². The number of amides is 1. The van der Waals surface area contributed by atoms with E-state index >= 15 is 0 Å². The molecule has 0 aliphatic heterocycles. The van der Waals surface area contributed by atoms with Crippen molar-refractivity contribution in [1.82, 2.24) is 0 Å². The SMILES string of the molecule is I.NC(=O)c1ccc(CN=C(N)Nc2cccc(Oc3ccccc3)c2)cc1. The first-order valence-electron chi connectivity index (χ1n) is 8.39. The number of hydrogen-bond donors (Lipinski definition) is 3. The number of rotatable bonds is 6. The summed E-state index contributed by atoms with van der Waals surface area (Å²) in [6.07, 6.45) is 0. The van der Waals surface area contributed by atoms with Gasteiger partial charge < -0.3 is 21.5 Å². The van der Waals surface area contributed by atoms with Crippen molar-refractivity contribution in [2.75, 3.05) is 5.32 Å². The van der Waals surface area contributed by atoms with Gasteiger partial charge in [-0.3, -0.25) is 4.79 Å². The molecule has 3 aromatic carbocycles. The first kappa shape index (κ1) is 21.2. The van der Waals surface area contributed by atoms with E-state index in [0.29, 0.717) is 17.9 Å². The minimum atomic E-state index is -0.455. The Hall–Kier alpha value is -3.07. The lowest BCUT2D eigenvalue weighted by atomic mass is 10.1. The molecule has 1 amide bonds. The maximum atomic E-state index is 11.1. The molecule has 3 aromatic rings. The quantitative estimate of drug-likeness (QED) is 0.276. The molecule has 144 valence electrons. The van der Waals surface area contributed by atoms with Crippen LogP contribution in [-0.2, 0) is 6.54 Å². The maximum Gasteiger partial charge on any atom is 0.248 e. The Morgan fingerprint density at radius 1 is 0.893 bits per heavy atom. The van der Waals surface area contributed by atoms with Crippen molar-refractivity contribution in [2.24, 2.45) is 16.5 Å². The Kier molecular flexibility index (Phi) is 7.82. The van der Waals surface area contributed by atoms with E-state index in [2.05, 4.69) is 10.3 Å². The number of nitrogens with zero attached hydrogens (tertiary/aromatic N) is 1. The average Bonchev–Trinajstić information content (AvgIpc) is 2.68. The third-order valence-electron chi connectivity index (χ3n) is 3.76. The number of primary amides is 1. The van der Waals surface area contributed by atoms with Gasteiger partial charge in [0.05, 0.1) is 6.54 Å². The fourth-order valence-corrected chi connectivity index (χ4v) is 2.40. The van der Waals surface area contributed by atoms with Crippen molar-refractivity contribution in [3.63, 3.8) is 0 Å². The van der Waals surface area contributed by atoms with Gasteiger partial charge in [-0.2, -0.15) is 0 Å². The van der Waals surface area contributed by atoms with Gasteiger partial charge in [-0.05, 0) is 42.0 Å². The van der Waals surface area contributed by atoms with Crippen LogP contribution in [0.25, 0.3) is 0 Å². The predicted molar refractivity (Wildman–Crippen MR) is 122 cm³/mol. The van der Waals surface area contributed by atoms with Crippen LogP contribution in [0.4, 0.5) is 5.69 Å². The second kappa shape index (κ2) is 10.3. The average molecular weight is 488 g/mol. The summed E-state index contributed by atoms with van der Waals surface area (Å²) >= 11 is 0. The molecule has 0 aromatic heterocycles. The highest BCUT2D eigenvalue weighted by Crippen LogP contribution is 2.23. The number of nitrogens with one attached hydrogen (secondary N) is 1. The van der Waals surface area contributed by atoms with E-state index < -0.39 is 5.91 Å². The number of carbonyl (C=O) groups excluding carboxylic acids is 1. The fraction of sp³-hybridized carbons (Fsp3) is 0.0476. The molecule has 0 fully saturated rings. The molecule has 3 rings (SSSR count). The Labute approximate surface area is 180 Å². The van der Waals surface area contributed by atoms with Crippen molar-refractivity contribution < 1.29 is 9.53 Å². The smallest absolute Gasteiger partial charge is 0.248 e. The molecule has 0 radical (unpaired) electrons. The number of halogens is 1. The molecule has 0 bridgehead atoms. The largest absolute Gasteiger partial charge is 0.457 e.